The Morgan fingerprint density at radius 1 is 1.00 bits per heavy atom. The molecule has 0 amide bonds. The summed E-state index contributed by atoms with van der Waals surface area (Å²) >= 11 is 1.76. The monoisotopic (exact) mass is 505 g/mol. The van der Waals surface area contributed by atoms with Gasteiger partial charge >= 0.3 is 0 Å². The number of aromatic hydroxyl groups is 1. The number of phenolic OH excluding ortho intramolecular Hbond substituents is 1. The van der Waals surface area contributed by atoms with E-state index in [1.165, 1.54) is 26.8 Å². The molecular formula is C33H32N2OS. The highest BCUT2D eigenvalue weighted by atomic mass is 32.2. The quantitative estimate of drug-likeness (QED) is 0.222. The fraction of sp³-hybridized carbons (Fsp3) is 0.212. The minimum Gasteiger partial charge on any atom is -0.507 e. The smallest absolute Gasteiger partial charge is 0.126 e. The van der Waals surface area contributed by atoms with E-state index in [4.69, 9.17) is 0 Å². The van der Waals surface area contributed by atoms with Gasteiger partial charge in [0.2, 0.25) is 0 Å². The molecule has 0 saturated heterocycles. The maximum Gasteiger partial charge on any atom is 0.126 e. The molecule has 2 heterocycles. The molecule has 0 unspecified atom stereocenters. The van der Waals surface area contributed by atoms with Crippen LogP contribution in [0.4, 0.5) is 0 Å². The van der Waals surface area contributed by atoms with Crippen LogP contribution >= 0.6 is 11.8 Å². The first kappa shape index (κ1) is 22.7. The molecule has 0 fully saturated rings. The van der Waals surface area contributed by atoms with E-state index in [1.54, 1.807) is 11.8 Å². The second-order valence-electron chi connectivity index (χ2n) is 9.58. The van der Waals surface area contributed by atoms with Crippen LogP contribution in [-0.4, -0.2) is 22.8 Å². The Balaban J connectivity index is 1.57. The number of aryl methyl sites for hydroxylation is 1. The molecule has 1 aromatic heterocycles. The van der Waals surface area contributed by atoms with Gasteiger partial charge in [-0.25, -0.2) is 0 Å². The first-order valence-corrected chi connectivity index (χ1v) is 14.1. The Kier molecular flexibility index (Phi) is 6.44. The summed E-state index contributed by atoms with van der Waals surface area (Å²) in [4.78, 5) is 1.19. The minimum atomic E-state index is 0.339. The molecule has 4 aromatic carbocycles. The average molecular weight is 506 g/mol. The molecule has 37 heavy (non-hydrogen) atoms. The van der Waals surface area contributed by atoms with E-state index in [9.17, 15) is 6.48 Å². The number of benzene rings is 4. The lowest BCUT2D eigenvalue weighted by Gasteiger charge is -2.19. The number of hydrogen-bond donors (Lipinski definition) is 2. The van der Waals surface area contributed by atoms with E-state index >= 15 is 0 Å². The van der Waals surface area contributed by atoms with Gasteiger partial charge in [-0.3, -0.25) is 0 Å². The van der Waals surface area contributed by atoms with Crippen LogP contribution in [-0.2, 0) is 18.7 Å². The number of hydrogen-bond acceptors (Lipinski definition) is 3. The van der Waals surface area contributed by atoms with Gasteiger partial charge in [0.05, 0.1) is 1.37 Å². The second-order valence-corrected chi connectivity index (χ2v) is 10.6. The molecule has 186 valence electrons. The summed E-state index contributed by atoms with van der Waals surface area (Å²) in [7, 11) is 0. The lowest BCUT2D eigenvalue weighted by Crippen LogP contribution is -2.20. The van der Waals surface area contributed by atoms with Crippen LogP contribution in [0.3, 0.4) is 0 Å². The number of aromatic nitrogens is 1. The molecular weight excluding hydrogens is 472 g/mol. The number of phenols is 1. The van der Waals surface area contributed by atoms with E-state index in [2.05, 4.69) is 95.7 Å². The molecule has 6 rings (SSSR count). The number of fused-ring (bicyclic) bond motifs is 2. The standard InChI is InChI=1S/C33H32N2OS/c1-2-28-31-19-26(22-37-27-12-4-3-5-13-27)35(21-25-11-8-10-23-9-6-7-14-29(23)25)32(31)20-30(33(28)36)24-15-17-34-18-16-24/h3-15,19-20,34,36H,2,16-18,21-22H2,1H3/i19D. The lowest BCUT2D eigenvalue weighted by atomic mass is 9.94. The van der Waals surface area contributed by atoms with E-state index in [0.29, 0.717) is 30.5 Å². The predicted molar refractivity (Wildman–Crippen MR) is 157 cm³/mol. The fourth-order valence-corrected chi connectivity index (χ4v) is 6.32. The van der Waals surface area contributed by atoms with Gasteiger partial charge < -0.3 is 15.0 Å². The Labute approximate surface area is 224 Å². The molecule has 0 atom stereocenters. The van der Waals surface area contributed by atoms with Gasteiger partial charge in [-0.2, -0.15) is 0 Å². The van der Waals surface area contributed by atoms with Crippen molar-refractivity contribution in [3.05, 3.63) is 113 Å². The molecule has 2 N–H and O–H groups in total. The number of nitrogens with one attached hydrogen (secondary N) is 1. The molecule has 0 spiro atoms. The summed E-state index contributed by atoms with van der Waals surface area (Å²) < 4.78 is 11.7. The van der Waals surface area contributed by atoms with Crippen molar-refractivity contribution in [3.63, 3.8) is 0 Å². The highest BCUT2D eigenvalue weighted by Crippen LogP contribution is 2.40. The predicted octanol–water partition coefficient (Wildman–Crippen LogP) is 7.78. The molecule has 3 nitrogen and oxygen atoms in total. The third-order valence-corrected chi connectivity index (χ3v) is 8.38. The summed E-state index contributed by atoms with van der Waals surface area (Å²) in [6.45, 7) is 4.47. The number of thioether (sulfide) groups is 1. The van der Waals surface area contributed by atoms with Crippen LogP contribution in [0.5, 0.6) is 5.75 Å². The molecule has 1 aliphatic heterocycles. The summed E-state index contributed by atoms with van der Waals surface area (Å²) in [5.41, 5.74) is 6.24. The van der Waals surface area contributed by atoms with Gasteiger partial charge in [0, 0.05) is 51.5 Å². The number of nitrogens with zero attached hydrogens (tertiary/aromatic N) is 1. The maximum absolute atomic E-state index is 11.4. The van der Waals surface area contributed by atoms with Gasteiger partial charge in [0.15, 0.2) is 0 Å². The molecule has 1 aliphatic rings. The summed E-state index contributed by atoms with van der Waals surface area (Å²) in [5, 5.41) is 18.2. The molecule has 4 heteroatoms. The first-order valence-electron chi connectivity index (χ1n) is 13.6. The van der Waals surface area contributed by atoms with Crippen LogP contribution in [0.2, 0.25) is 0 Å². The Hall–Kier alpha value is -3.47. The summed E-state index contributed by atoms with van der Waals surface area (Å²) in [5.74, 6) is 1.03. The van der Waals surface area contributed by atoms with E-state index in [1.807, 2.05) is 6.07 Å². The molecule has 0 saturated carbocycles. The zero-order chi connectivity index (χ0) is 26.1. The van der Waals surface area contributed by atoms with Crippen molar-refractivity contribution < 1.29 is 6.48 Å². The van der Waals surface area contributed by atoms with Gasteiger partial charge in [-0.1, -0.05) is 73.7 Å². The van der Waals surface area contributed by atoms with Crippen molar-refractivity contribution in [1.29, 1.82) is 0 Å². The second kappa shape index (κ2) is 10.5. The van der Waals surface area contributed by atoms with Crippen molar-refractivity contribution in [1.82, 2.24) is 9.88 Å². The van der Waals surface area contributed by atoms with Crippen LogP contribution in [0.15, 0.2) is 95.9 Å². The molecule has 0 radical (unpaired) electrons. The largest absolute Gasteiger partial charge is 0.507 e. The van der Waals surface area contributed by atoms with Crippen LogP contribution in [0.1, 0.15) is 37.1 Å². The van der Waals surface area contributed by atoms with Crippen molar-refractivity contribution in [2.45, 2.75) is 37.0 Å². The SMILES string of the molecule is [2H]c1c(CSc2ccccc2)n(Cc2cccc3ccccc23)c2cc(C3=CCNCC3)c(O)c(CC)c12. The van der Waals surface area contributed by atoms with Gasteiger partial charge in [0.25, 0.3) is 0 Å². The maximum atomic E-state index is 11.4. The molecule has 0 aliphatic carbocycles. The van der Waals surface area contributed by atoms with Crippen molar-refractivity contribution in [2.75, 3.05) is 13.1 Å². The third-order valence-electron chi connectivity index (χ3n) is 7.36. The Morgan fingerprint density at radius 2 is 1.81 bits per heavy atom. The van der Waals surface area contributed by atoms with Crippen molar-refractivity contribution >= 4 is 39.0 Å². The van der Waals surface area contributed by atoms with Gasteiger partial charge in [0.1, 0.15) is 5.75 Å². The highest BCUT2D eigenvalue weighted by molar-refractivity contribution is 7.98. The van der Waals surface area contributed by atoms with Crippen LogP contribution < -0.4 is 5.32 Å². The summed E-state index contributed by atoms with van der Waals surface area (Å²) in [6, 6.07) is 28.1. The highest BCUT2D eigenvalue weighted by Gasteiger charge is 2.20. The normalized spacial score (nSPS) is 14.2. The van der Waals surface area contributed by atoms with E-state index < -0.39 is 0 Å². The van der Waals surface area contributed by atoms with Gasteiger partial charge in [-0.05, 0) is 65.5 Å². The Bertz CT molecular complexity index is 1650. The van der Waals surface area contributed by atoms with E-state index in [0.717, 1.165) is 47.2 Å². The Morgan fingerprint density at radius 3 is 2.62 bits per heavy atom. The zero-order valence-corrected chi connectivity index (χ0v) is 21.9. The van der Waals surface area contributed by atoms with Gasteiger partial charge in [-0.15, -0.1) is 11.8 Å². The van der Waals surface area contributed by atoms with E-state index in [-0.39, 0.29) is 0 Å². The molecule has 0 bridgehead atoms. The van der Waals surface area contributed by atoms with Crippen LogP contribution in [0.25, 0.3) is 27.2 Å². The van der Waals surface area contributed by atoms with Crippen molar-refractivity contribution in [3.8, 4) is 5.75 Å². The first-order chi connectivity index (χ1) is 18.7. The van der Waals surface area contributed by atoms with Crippen LogP contribution in [0, 0.1) is 0 Å². The fourth-order valence-electron chi connectivity index (χ4n) is 5.44. The zero-order valence-electron chi connectivity index (χ0n) is 22.1. The van der Waals surface area contributed by atoms with Crippen molar-refractivity contribution in [2.24, 2.45) is 0 Å². The summed E-state index contributed by atoms with van der Waals surface area (Å²) in [6.07, 6.45) is 3.75. The average Bonchev–Trinajstić information content (AvgIpc) is 3.22. The number of rotatable bonds is 7. The minimum absolute atomic E-state index is 0.339. The molecule has 5 aromatic rings. The topological polar surface area (TPSA) is 37.2 Å². The lowest BCUT2D eigenvalue weighted by molar-refractivity contribution is 0.468. The third kappa shape index (κ3) is 4.68.